The molecule has 8 rings (SSSR count). The van der Waals surface area contributed by atoms with Crippen LogP contribution in [0.2, 0.25) is 0 Å². The molecular formula is C42H53N9O2. The van der Waals surface area contributed by atoms with Gasteiger partial charge in [-0.25, -0.2) is 9.48 Å². The Labute approximate surface area is 312 Å². The Hall–Kier alpha value is -4.90. The van der Waals surface area contributed by atoms with E-state index in [1.807, 2.05) is 41.2 Å². The van der Waals surface area contributed by atoms with Gasteiger partial charge in [0, 0.05) is 30.6 Å². The van der Waals surface area contributed by atoms with E-state index in [1.54, 1.807) is 0 Å². The average Bonchev–Trinajstić information content (AvgIpc) is 3.78. The number of amides is 2. The van der Waals surface area contributed by atoms with E-state index in [-0.39, 0.29) is 23.6 Å². The third-order valence-corrected chi connectivity index (χ3v) is 11.2. The van der Waals surface area contributed by atoms with Crippen molar-refractivity contribution >= 4 is 23.4 Å². The lowest BCUT2D eigenvalue weighted by molar-refractivity contribution is 0.171. The lowest BCUT2D eigenvalue weighted by Gasteiger charge is -2.33. The normalized spacial score (nSPS) is 21.0. The predicted molar refractivity (Wildman–Crippen MR) is 209 cm³/mol. The number of hydrogen-bond acceptors (Lipinski definition) is 7. The number of urea groups is 1. The molecule has 0 radical (unpaired) electrons. The number of anilines is 2. The van der Waals surface area contributed by atoms with E-state index in [4.69, 9.17) is 9.84 Å². The Bertz CT molecular complexity index is 2060. The van der Waals surface area contributed by atoms with Gasteiger partial charge in [0.15, 0.2) is 5.65 Å². The highest BCUT2D eigenvalue weighted by atomic mass is 16.5. The van der Waals surface area contributed by atoms with Gasteiger partial charge < -0.3 is 15.0 Å². The molecule has 11 heteroatoms. The van der Waals surface area contributed by atoms with Crippen LogP contribution in [0, 0.1) is 0 Å². The molecule has 1 aliphatic carbocycles. The molecule has 0 unspecified atom stereocenters. The number of nitrogens with one attached hydrogen (secondary N) is 2. The average molecular weight is 716 g/mol. The molecule has 2 amide bonds. The molecule has 3 atom stereocenters. The lowest BCUT2D eigenvalue weighted by Crippen LogP contribution is -2.38. The van der Waals surface area contributed by atoms with Crippen LogP contribution >= 0.6 is 0 Å². The van der Waals surface area contributed by atoms with Gasteiger partial charge in [-0.2, -0.15) is 5.10 Å². The van der Waals surface area contributed by atoms with Gasteiger partial charge in [-0.1, -0.05) is 63.6 Å². The van der Waals surface area contributed by atoms with Crippen LogP contribution in [0.5, 0.6) is 5.75 Å². The molecule has 2 aliphatic heterocycles. The van der Waals surface area contributed by atoms with E-state index < -0.39 is 0 Å². The van der Waals surface area contributed by atoms with Crippen molar-refractivity contribution < 1.29 is 9.53 Å². The van der Waals surface area contributed by atoms with E-state index in [9.17, 15) is 4.79 Å². The number of aromatic nitrogens is 5. The van der Waals surface area contributed by atoms with E-state index >= 15 is 0 Å². The summed E-state index contributed by atoms with van der Waals surface area (Å²) in [6.07, 6.45) is 10.8. The Morgan fingerprint density at radius 1 is 0.868 bits per heavy atom. The predicted octanol–water partition coefficient (Wildman–Crippen LogP) is 8.35. The minimum absolute atomic E-state index is 0.147. The summed E-state index contributed by atoms with van der Waals surface area (Å²) in [7, 11) is 0. The van der Waals surface area contributed by atoms with Crippen molar-refractivity contribution in [1.82, 2.24) is 34.6 Å². The van der Waals surface area contributed by atoms with Crippen LogP contribution in [-0.4, -0.2) is 61.0 Å². The molecule has 2 fully saturated rings. The van der Waals surface area contributed by atoms with Gasteiger partial charge >= 0.3 is 6.03 Å². The summed E-state index contributed by atoms with van der Waals surface area (Å²) < 4.78 is 10.6. The summed E-state index contributed by atoms with van der Waals surface area (Å²) in [6.45, 7) is 12.9. The SMILES string of the molecule is C[C@H]1CCCCN1c1nnc2ccc(O[C@@H]3CC[C@H](NC(=O)Nc4cc(C(C)(C)C)nn4-c4cccc(CN5CCCCC5)c4)c4ccccc43)cn12. The zero-order chi connectivity index (χ0) is 36.5. The van der Waals surface area contributed by atoms with Gasteiger partial charge in [-0.05, 0) is 106 Å². The molecule has 0 bridgehead atoms. The molecule has 278 valence electrons. The van der Waals surface area contributed by atoms with Gasteiger partial charge in [0.25, 0.3) is 0 Å². The fourth-order valence-electron chi connectivity index (χ4n) is 8.21. The Balaban J connectivity index is 0.986. The van der Waals surface area contributed by atoms with Crippen LogP contribution in [-0.2, 0) is 12.0 Å². The van der Waals surface area contributed by atoms with Crippen molar-refractivity contribution in [2.24, 2.45) is 0 Å². The lowest BCUT2D eigenvalue weighted by atomic mass is 9.85. The molecule has 0 saturated carbocycles. The number of carbonyl (C=O) groups excluding carboxylic acids is 1. The second-order valence-electron chi connectivity index (χ2n) is 16.2. The number of carbonyl (C=O) groups is 1. The van der Waals surface area contributed by atoms with Gasteiger partial charge in [0.2, 0.25) is 5.95 Å². The van der Waals surface area contributed by atoms with Crippen molar-refractivity contribution in [2.75, 3.05) is 29.9 Å². The fraction of sp³-hybridized carbons (Fsp3) is 0.476. The Morgan fingerprint density at radius 3 is 2.49 bits per heavy atom. The quantitative estimate of drug-likeness (QED) is 0.166. The monoisotopic (exact) mass is 715 g/mol. The van der Waals surface area contributed by atoms with Crippen molar-refractivity contribution in [1.29, 1.82) is 0 Å². The largest absolute Gasteiger partial charge is 0.484 e. The summed E-state index contributed by atoms with van der Waals surface area (Å²) >= 11 is 0. The molecule has 3 aromatic heterocycles. The minimum atomic E-state index is -0.257. The zero-order valence-corrected chi connectivity index (χ0v) is 31.6. The third kappa shape index (κ3) is 7.62. The molecule has 11 nitrogen and oxygen atoms in total. The summed E-state index contributed by atoms with van der Waals surface area (Å²) in [5.41, 5.74) is 5.89. The molecule has 5 heterocycles. The van der Waals surface area contributed by atoms with E-state index in [0.29, 0.717) is 11.9 Å². The first-order valence-electron chi connectivity index (χ1n) is 19.6. The van der Waals surface area contributed by atoms with E-state index in [0.717, 1.165) is 91.7 Å². The molecule has 2 N–H and O–H groups in total. The fourth-order valence-corrected chi connectivity index (χ4v) is 8.21. The summed E-state index contributed by atoms with van der Waals surface area (Å²) in [4.78, 5) is 18.7. The number of rotatable bonds is 8. The maximum absolute atomic E-state index is 13.8. The molecule has 2 aromatic carbocycles. The van der Waals surface area contributed by atoms with E-state index in [1.165, 1.54) is 31.2 Å². The maximum Gasteiger partial charge on any atom is 0.320 e. The molecule has 0 spiro atoms. The van der Waals surface area contributed by atoms with Crippen LogP contribution in [0.1, 0.15) is 114 Å². The van der Waals surface area contributed by atoms with Crippen LogP contribution in [0.4, 0.5) is 16.6 Å². The van der Waals surface area contributed by atoms with Crippen molar-refractivity contribution in [2.45, 2.75) is 109 Å². The number of likely N-dealkylation sites (tertiary alicyclic amines) is 1. The molecular weight excluding hydrogens is 663 g/mol. The van der Waals surface area contributed by atoms with Gasteiger partial charge in [-0.3, -0.25) is 14.6 Å². The van der Waals surface area contributed by atoms with Gasteiger partial charge in [0.1, 0.15) is 17.7 Å². The number of pyridine rings is 1. The maximum atomic E-state index is 13.8. The molecule has 53 heavy (non-hydrogen) atoms. The highest BCUT2D eigenvalue weighted by molar-refractivity contribution is 5.89. The number of piperidine rings is 2. The summed E-state index contributed by atoms with van der Waals surface area (Å²) in [5.74, 6) is 2.30. The highest BCUT2D eigenvalue weighted by Gasteiger charge is 2.31. The van der Waals surface area contributed by atoms with Crippen LogP contribution in [0.25, 0.3) is 11.3 Å². The van der Waals surface area contributed by atoms with Crippen LogP contribution < -0.4 is 20.3 Å². The summed E-state index contributed by atoms with van der Waals surface area (Å²) in [5, 5.41) is 20.5. The topological polar surface area (TPSA) is 105 Å². The number of benzene rings is 2. The Morgan fingerprint density at radius 2 is 1.68 bits per heavy atom. The number of hydrogen-bond donors (Lipinski definition) is 2. The van der Waals surface area contributed by atoms with Gasteiger partial charge in [-0.15, -0.1) is 10.2 Å². The van der Waals surface area contributed by atoms with E-state index in [2.05, 4.69) is 99.1 Å². The zero-order valence-electron chi connectivity index (χ0n) is 31.6. The van der Waals surface area contributed by atoms with Crippen molar-refractivity contribution in [3.05, 3.63) is 95.3 Å². The first-order valence-corrected chi connectivity index (χ1v) is 19.6. The summed E-state index contributed by atoms with van der Waals surface area (Å²) in [6, 6.07) is 22.8. The smallest absolute Gasteiger partial charge is 0.320 e. The minimum Gasteiger partial charge on any atom is -0.484 e. The molecule has 5 aromatic rings. The van der Waals surface area contributed by atoms with Crippen molar-refractivity contribution in [3.63, 3.8) is 0 Å². The molecule has 2 saturated heterocycles. The standard InChI is InChI=1S/C42H53N9O2/c1-29-13-8-11-24-49(29)41-46-45-38-21-18-32(28-50(38)41)53-36-20-19-35(33-16-6-7-17-34(33)36)43-40(52)44-39-26-37(42(2,3)4)47-51(39)31-15-12-14-30(25-31)27-48-22-9-5-10-23-48/h6-7,12,14-18,21,25-26,28-29,35-36H,5,8-11,13,19-20,22-24,27H2,1-4H3,(H2,43,44,52)/t29-,35-,36+/m0/s1. The first kappa shape index (κ1) is 35.1. The Kier molecular flexibility index (Phi) is 9.85. The number of nitrogens with zero attached hydrogens (tertiary/aromatic N) is 7. The second-order valence-corrected chi connectivity index (χ2v) is 16.2. The van der Waals surface area contributed by atoms with Crippen LogP contribution in [0.15, 0.2) is 72.9 Å². The highest BCUT2D eigenvalue weighted by Crippen LogP contribution is 2.39. The van der Waals surface area contributed by atoms with Crippen LogP contribution in [0.3, 0.4) is 0 Å². The molecule has 3 aliphatic rings. The van der Waals surface area contributed by atoms with Gasteiger partial charge in [0.05, 0.1) is 23.6 Å². The van der Waals surface area contributed by atoms with Crippen molar-refractivity contribution in [3.8, 4) is 11.4 Å². The third-order valence-electron chi connectivity index (χ3n) is 11.2. The number of fused-ring (bicyclic) bond motifs is 2. The first-order chi connectivity index (χ1) is 25.7. The second kappa shape index (κ2) is 14.9. The number of ether oxygens (including phenoxy) is 1.